The number of hydrogen-bond acceptors (Lipinski definition) is 3. The van der Waals surface area contributed by atoms with E-state index in [2.05, 4.69) is 18.3 Å². The van der Waals surface area contributed by atoms with Gasteiger partial charge < -0.3 is 10.2 Å². The average Bonchev–Trinajstić information content (AvgIpc) is 2.71. The molecular formula is C11H14N2O2S. The molecule has 1 fully saturated rings. The van der Waals surface area contributed by atoms with Crippen molar-refractivity contribution in [2.75, 3.05) is 13.1 Å². The van der Waals surface area contributed by atoms with Gasteiger partial charge in [-0.15, -0.1) is 11.3 Å². The highest BCUT2D eigenvalue weighted by atomic mass is 32.1. The zero-order valence-corrected chi connectivity index (χ0v) is 9.97. The fourth-order valence-corrected chi connectivity index (χ4v) is 2.73. The summed E-state index contributed by atoms with van der Waals surface area (Å²) in [5, 5.41) is 4.57. The van der Waals surface area contributed by atoms with Crippen LogP contribution in [-0.4, -0.2) is 29.8 Å². The maximum absolute atomic E-state index is 11.6. The Kier molecular flexibility index (Phi) is 3.24. The minimum Gasteiger partial charge on any atom is -0.345 e. The van der Waals surface area contributed by atoms with Crippen LogP contribution in [0.25, 0.3) is 0 Å². The number of piperazine rings is 1. The molecular weight excluding hydrogens is 224 g/mol. The summed E-state index contributed by atoms with van der Waals surface area (Å²) in [6.07, 6.45) is 0.965. The summed E-state index contributed by atoms with van der Waals surface area (Å²) in [4.78, 5) is 25.6. The molecule has 4 nitrogen and oxygen atoms in total. The van der Waals surface area contributed by atoms with E-state index in [0.29, 0.717) is 6.54 Å². The van der Waals surface area contributed by atoms with Gasteiger partial charge in [0.25, 0.3) is 0 Å². The highest BCUT2D eigenvalue weighted by Gasteiger charge is 2.23. The number of carbonyl (C=O) groups is 2. The standard InChI is InChI=1S/C11H14N2O2S/c1-2-8-3-4-16-9(8)6-13-7-10(14)12-5-11(13)15/h3-4H,2,5-7H2,1H3,(H,12,14). The van der Waals surface area contributed by atoms with E-state index in [-0.39, 0.29) is 24.9 Å². The van der Waals surface area contributed by atoms with Gasteiger partial charge in [-0.2, -0.15) is 0 Å². The van der Waals surface area contributed by atoms with Gasteiger partial charge in [0.05, 0.1) is 19.6 Å². The van der Waals surface area contributed by atoms with Gasteiger partial charge in [-0.25, -0.2) is 0 Å². The topological polar surface area (TPSA) is 49.4 Å². The maximum atomic E-state index is 11.6. The molecule has 0 bridgehead atoms. The normalized spacial score (nSPS) is 16.4. The molecule has 0 unspecified atom stereocenters. The smallest absolute Gasteiger partial charge is 0.242 e. The summed E-state index contributed by atoms with van der Waals surface area (Å²) in [5.74, 6) is -0.0794. The van der Waals surface area contributed by atoms with Crippen LogP contribution >= 0.6 is 11.3 Å². The predicted molar refractivity (Wildman–Crippen MR) is 62.1 cm³/mol. The average molecular weight is 238 g/mol. The molecule has 1 aromatic rings. The first-order chi connectivity index (χ1) is 7.70. The Hall–Kier alpha value is -1.36. The van der Waals surface area contributed by atoms with E-state index in [1.807, 2.05) is 5.38 Å². The van der Waals surface area contributed by atoms with Crippen molar-refractivity contribution in [3.05, 3.63) is 21.9 Å². The van der Waals surface area contributed by atoms with Crippen molar-refractivity contribution >= 4 is 23.2 Å². The number of thiophene rings is 1. The van der Waals surface area contributed by atoms with Crippen LogP contribution < -0.4 is 5.32 Å². The highest BCUT2D eigenvalue weighted by molar-refractivity contribution is 7.10. The quantitative estimate of drug-likeness (QED) is 0.845. The molecule has 1 aromatic heterocycles. The zero-order chi connectivity index (χ0) is 11.5. The van der Waals surface area contributed by atoms with Crippen molar-refractivity contribution in [1.29, 1.82) is 0 Å². The molecule has 0 saturated carbocycles. The second kappa shape index (κ2) is 4.65. The summed E-state index contributed by atoms with van der Waals surface area (Å²) < 4.78 is 0. The fourth-order valence-electron chi connectivity index (χ4n) is 1.74. The van der Waals surface area contributed by atoms with Crippen molar-refractivity contribution < 1.29 is 9.59 Å². The third-order valence-corrected chi connectivity index (χ3v) is 3.62. The van der Waals surface area contributed by atoms with Crippen molar-refractivity contribution in [2.24, 2.45) is 0 Å². The molecule has 0 radical (unpaired) electrons. The molecule has 2 amide bonds. The van der Waals surface area contributed by atoms with Gasteiger partial charge in [0.2, 0.25) is 11.8 Å². The minimum absolute atomic E-state index is 0.00458. The molecule has 5 heteroatoms. The third kappa shape index (κ3) is 2.24. The Morgan fingerprint density at radius 3 is 3.06 bits per heavy atom. The lowest BCUT2D eigenvalue weighted by Gasteiger charge is -2.26. The molecule has 16 heavy (non-hydrogen) atoms. The first-order valence-corrected chi connectivity index (χ1v) is 6.18. The van der Waals surface area contributed by atoms with E-state index >= 15 is 0 Å². The minimum atomic E-state index is -0.0748. The predicted octanol–water partition coefficient (Wildman–Crippen LogP) is 0.769. The van der Waals surface area contributed by atoms with Crippen molar-refractivity contribution in [1.82, 2.24) is 10.2 Å². The molecule has 0 spiro atoms. The monoisotopic (exact) mass is 238 g/mol. The van der Waals surface area contributed by atoms with Crippen molar-refractivity contribution in [3.63, 3.8) is 0 Å². The number of hydrogen-bond donors (Lipinski definition) is 1. The first kappa shape index (κ1) is 11.1. The Morgan fingerprint density at radius 2 is 2.31 bits per heavy atom. The van der Waals surface area contributed by atoms with Crippen LogP contribution in [0.5, 0.6) is 0 Å². The van der Waals surface area contributed by atoms with Crippen LogP contribution in [0.2, 0.25) is 0 Å². The molecule has 1 aliphatic rings. The van der Waals surface area contributed by atoms with Crippen LogP contribution in [0.15, 0.2) is 11.4 Å². The lowest BCUT2D eigenvalue weighted by molar-refractivity contribution is -0.141. The number of carbonyl (C=O) groups excluding carboxylic acids is 2. The Bertz CT molecular complexity index is 414. The van der Waals surface area contributed by atoms with Crippen LogP contribution in [0.3, 0.4) is 0 Å². The molecule has 86 valence electrons. The molecule has 2 rings (SSSR count). The van der Waals surface area contributed by atoms with Gasteiger partial charge in [0.15, 0.2) is 0 Å². The number of rotatable bonds is 3. The lowest BCUT2D eigenvalue weighted by atomic mass is 10.2. The van der Waals surface area contributed by atoms with E-state index in [1.165, 1.54) is 10.4 Å². The largest absolute Gasteiger partial charge is 0.345 e. The van der Waals surface area contributed by atoms with Gasteiger partial charge in [0.1, 0.15) is 0 Å². The van der Waals surface area contributed by atoms with E-state index in [1.54, 1.807) is 16.2 Å². The number of aryl methyl sites for hydroxylation is 1. The Labute approximate surface area is 98.3 Å². The number of nitrogens with zero attached hydrogens (tertiary/aromatic N) is 1. The lowest BCUT2D eigenvalue weighted by Crippen LogP contribution is -2.50. The first-order valence-electron chi connectivity index (χ1n) is 5.30. The van der Waals surface area contributed by atoms with E-state index in [0.717, 1.165) is 6.42 Å². The third-order valence-electron chi connectivity index (χ3n) is 2.68. The van der Waals surface area contributed by atoms with E-state index < -0.39 is 0 Å². The summed E-state index contributed by atoms with van der Waals surface area (Å²) in [6.45, 7) is 2.97. The van der Waals surface area contributed by atoms with Gasteiger partial charge >= 0.3 is 0 Å². The van der Waals surface area contributed by atoms with Gasteiger partial charge in [-0.05, 0) is 23.4 Å². The summed E-state index contributed by atoms with van der Waals surface area (Å²) >= 11 is 1.65. The Balaban J connectivity index is 2.08. The maximum Gasteiger partial charge on any atom is 0.242 e. The molecule has 1 aliphatic heterocycles. The molecule has 0 aliphatic carbocycles. The highest BCUT2D eigenvalue weighted by Crippen LogP contribution is 2.19. The number of nitrogens with one attached hydrogen (secondary N) is 1. The molecule has 0 aromatic carbocycles. The van der Waals surface area contributed by atoms with E-state index in [9.17, 15) is 9.59 Å². The molecule has 1 N–H and O–H groups in total. The molecule has 1 saturated heterocycles. The molecule has 2 heterocycles. The second-order valence-electron chi connectivity index (χ2n) is 3.75. The SMILES string of the molecule is CCc1ccsc1CN1CC(=O)NCC1=O. The van der Waals surface area contributed by atoms with Crippen LogP contribution in [0.4, 0.5) is 0 Å². The van der Waals surface area contributed by atoms with Crippen molar-refractivity contribution in [3.8, 4) is 0 Å². The van der Waals surface area contributed by atoms with Crippen LogP contribution in [0.1, 0.15) is 17.4 Å². The van der Waals surface area contributed by atoms with Crippen LogP contribution in [0, 0.1) is 0 Å². The number of amides is 2. The fraction of sp³-hybridized carbons (Fsp3) is 0.455. The summed E-state index contributed by atoms with van der Waals surface area (Å²) in [5.41, 5.74) is 1.27. The van der Waals surface area contributed by atoms with Gasteiger partial charge in [-0.3, -0.25) is 9.59 Å². The van der Waals surface area contributed by atoms with Crippen molar-refractivity contribution in [2.45, 2.75) is 19.9 Å². The molecule has 0 atom stereocenters. The Morgan fingerprint density at radius 1 is 1.50 bits per heavy atom. The van der Waals surface area contributed by atoms with Crippen LogP contribution in [-0.2, 0) is 22.6 Å². The second-order valence-corrected chi connectivity index (χ2v) is 4.75. The van der Waals surface area contributed by atoms with Gasteiger partial charge in [0, 0.05) is 4.88 Å². The summed E-state index contributed by atoms with van der Waals surface area (Å²) in [6, 6.07) is 2.08. The van der Waals surface area contributed by atoms with E-state index in [4.69, 9.17) is 0 Å². The zero-order valence-electron chi connectivity index (χ0n) is 9.16. The van der Waals surface area contributed by atoms with Gasteiger partial charge in [-0.1, -0.05) is 6.92 Å². The summed E-state index contributed by atoms with van der Waals surface area (Å²) in [7, 11) is 0.